The van der Waals surface area contributed by atoms with Crippen LogP contribution in [0, 0.1) is 0 Å². The molecular weight excluding hydrogens is 436 g/mol. The molecule has 0 spiro atoms. The minimum absolute atomic E-state index is 0.0315. The number of anilines is 1. The van der Waals surface area contributed by atoms with Crippen molar-refractivity contribution in [3.8, 4) is 0 Å². The topological polar surface area (TPSA) is 86.7 Å². The summed E-state index contributed by atoms with van der Waals surface area (Å²) in [5, 5.41) is 12.2. The maximum atomic E-state index is 13.0. The standard InChI is InChI=1S/C19H14BrClN2O4/c20-11-5-6-15(22-16-10-17(25)23(7-8-24)19(16)27)13(9-11)18(26)12-3-1-2-4-14(12)21/h1-6,9-10,22,24H,7-8H2. The molecule has 27 heavy (non-hydrogen) atoms. The molecule has 2 aromatic carbocycles. The van der Waals surface area contributed by atoms with Gasteiger partial charge in [-0.05, 0) is 30.3 Å². The SMILES string of the molecule is O=C(c1ccccc1Cl)c1cc(Br)ccc1NC1=CC(=O)N(CCO)C1=O. The van der Waals surface area contributed by atoms with Crippen molar-refractivity contribution in [2.45, 2.75) is 0 Å². The Morgan fingerprint density at radius 1 is 1.15 bits per heavy atom. The Bertz CT molecular complexity index is 974. The van der Waals surface area contributed by atoms with Crippen LogP contribution < -0.4 is 5.32 Å². The highest BCUT2D eigenvalue weighted by Crippen LogP contribution is 2.28. The molecule has 0 fully saturated rings. The maximum absolute atomic E-state index is 13.0. The zero-order valence-electron chi connectivity index (χ0n) is 13.9. The summed E-state index contributed by atoms with van der Waals surface area (Å²) in [5.74, 6) is -1.41. The molecule has 0 radical (unpaired) electrons. The van der Waals surface area contributed by atoms with Gasteiger partial charge in [0.2, 0.25) is 0 Å². The first-order chi connectivity index (χ1) is 12.9. The average molecular weight is 450 g/mol. The quantitative estimate of drug-likeness (QED) is 0.523. The van der Waals surface area contributed by atoms with Crippen molar-refractivity contribution >= 4 is 50.8 Å². The van der Waals surface area contributed by atoms with E-state index in [0.29, 0.717) is 26.3 Å². The summed E-state index contributed by atoms with van der Waals surface area (Å²) in [6, 6.07) is 11.6. The minimum atomic E-state index is -0.562. The van der Waals surface area contributed by atoms with Crippen LogP contribution in [0.3, 0.4) is 0 Å². The molecular formula is C19H14BrClN2O4. The molecule has 1 aliphatic heterocycles. The molecule has 3 rings (SSSR count). The Hall–Kier alpha value is -2.48. The van der Waals surface area contributed by atoms with Gasteiger partial charge in [-0.3, -0.25) is 19.3 Å². The molecule has 1 heterocycles. The molecule has 0 saturated carbocycles. The number of halogens is 2. The number of aliphatic hydroxyl groups is 1. The highest BCUT2D eigenvalue weighted by atomic mass is 79.9. The van der Waals surface area contributed by atoms with E-state index in [1.165, 1.54) is 0 Å². The number of rotatable bonds is 6. The number of carbonyl (C=O) groups excluding carboxylic acids is 3. The molecule has 1 aliphatic rings. The van der Waals surface area contributed by atoms with E-state index >= 15 is 0 Å². The number of imide groups is 1. The third-order valence-corrected chi connectivity index (χ3v) is 4.77. The van der Waals surface area contributed by atoms with Gasteiger partial charge in [0.1, 0.15) is 5.70 Å². The Labute approximate surface area is 168 Å². The van der Waals surface area contributed by atoms with Crippen LogP contribution in [0.15, 0.2) is 58.7 Å². The molecule has 2 N–H and O–H groups in total. The summed E-state index contributed by atoms with van der Waals surface area (Å²) in [6.07, 6.45) is 1.14. The van der Waals surface area contributed by atoms with Crippen LogP contribution in [0.1, 0.15) is 15.9 Å². The lowest BCUT2D eigenvalue weighted by Gasteiger charge is -2.15. The third kappa shape index (κ3) is 3.95. The molecule has 6 nitrogen and oxygen atoms in total. The number of benzene rings is 2. The number of ketones is 1. The molecule has 0 atom stereocenters. The van der Waals surface area contributed by atoms with E-state index in [9.17, 15) is 14.4 Å². The summed E-state index contributed by atoms with van der Waals surface area (Å²) in [7, 11) is 0. The molecule has 0 saturated heterocycles. The molecule has 0 bridgehead atoms. The largest absolute Gasteiger partial charge is 0.395 e. The molecule has 0 aliphatic carbocycles. The summed E-state index contributed by atoms with van der Waals surface area (Å²) < 4.78 is 0.674. The Kier molecular flexibility index (Phi) is 5.74. The first-order valence-corrected chi connectivity index (χ1v) is 9.13. The van der Waals surface area contributed by atoms with Crippen LogP contribution in [0.25, 0.3) is 0 Å². The summed E-state index contributed by atoms with van der Waals surface area (Å²) >= 11 is 9.47. The number of carbonyl (C=O) groups is 3. The second-order valence-corrected chi connectivity index (χ2v) is 7.02. The van der Waals surface area contributed by atoms with Crippen molar-refractivity contribution < 1.29 is 19.5 Å². The highest BCUT2D eigenvalue weighted by Gasteiger charge is 2.31. The van der Waals surface area contributed by atoms with E-state index in [4.69, 9.17) is 16.7 Å². The van der Waals surface area contributed by atoms with Gasteiger partial charge >= 0.3 is 0 Å². The average Bonchev–Trinajstić information content (AvgIpc) is 2.91. The second-order valence-electron chi connectivity index (χ2n) is 5.70. The van der Waals surface area contributed by atoms with E-state index in [2.05, 4.69) is 21.2 Å². The van der Waals surface area contributed by atoms with Crippen molar-refractivity contribution in [3.05, 3.63) is 74.9 Å². The normalized spacial score (nSPS) is 13.7. The maximum Gasteiger partial charge on any atom is 0.277 e. The molecule has 2 amide bonds. The number of nitrogens with zero attached hydrogens (tertiary/aromatic N) is 1. The van der Waals surface area contributed by atoms with Crippen LogP contribution in [-0.4, -0.2) is 40.8 Å². The molecule has 0 unspecified atom stereocenters. The van der Waals surface area contributed by atoms with Crippen LogP contribution in [0.4, 0.5) is 5.69 Å². The number of β-amino-alcohol motifs (C(OH)–C–C–N with tert-alkyl or cyclic N) is 1. The van der Waals surface area contributed by atoms with Crippen LogP contribution in [0.5, 0.6) is 0 Å². The van der Waals surface area contributed by atoms with Crippen molar-refractivity contribution in [2.24, 2.45) is 0 Å². The van der Waals surface area contributed by atoms with Gasteiger partial charge in [-0.25, -0.2) is 0 Å². The van der Waals surface area contributed by atoms with Gasteiger partial charge in [0.05, 0.1) is 18.2 Å². The first-order valence-electron chi connectivity index (χ1n) is 7.96. The zero-order valence-corrected chi connectivity index (χ0v) is 16.3. The van der Waals surface area contributed by atoms with E-state index < -0.39 is 11.8 Å². The predicted octanol–water partition coefficient (Wildman–Crippen LogP) is 2.99. The first kappa shape index (κ1) is 19.3. The van der Waals surface area contributed by atoms with Gasteiger partial charge in [0.25, 0.3) is 11.8 Å². The van der Waals surface area contributed by atoms with Gasteiger partial charge in [-0.1, -0.05) is 39.7 Å². The summed E-state index contributed by atoms with van der Waals surface area (Å²) in [6.45, 7) is -0.418. The molecule has 0 aromatic heterocycles. The van der Waals surface area contributed by atoms with E-state index in [1.807, 2.05) is 0 Å². The van der Waals surface area contributed by atoms with Gasteiger partial charge in [-0.15, -0.1) is 0 Å². The number of hydrogen-bond acceptors (Lipinski definition) is 5. The molecule has 138 valence electrons. The Morgan fingerprint density at radius 2 is 1.89 bits per heavy atom. The number of nitrogens with one attached hydrogen (secondary N) is 1. The lowest BCUT2D eigenvalue weighted by atomic mass is 10.0. The van der Waals surface area contributed by atoms with Crippen molar-refractivity contribution in [1.82, 2.24) is 4.90 Å². The fourth-order valence-corrected chi connectivity index (χ4v) is 3.24. The predicted molar refractivity (Wildman–Crippen MR) is 105 cm³/mol. The molecule has 2 aromatic rings. The van der Waals surface area contributed by atoms with E-state index in [-0.39, 0.29) is 24.6 Å². The van der Waals surface area contributed by atoms with E-state index in [0.717, 1.165) is 11.0 Å². The zero-order chi connectivity index (χ0) is 19.6. The van der Waals surface area contributed by atoms with Gasteiger partial charge < -0.3 is 10.4 Å². The minimum Gasteiger partial charge on any atom is -0.395 e. The van der Waals surface area contributed by atoms with E-state index in [1.54, 1.807) is 42.5 Å². The lowest BCUT2D eigenvalue weighted by Crippen LogP contribution is -2.34. The third-order valence-electron chi connectivity index (χ3n) is 3.95. The van der Waals surface area contributed by atoms with Crippen molar-refractivity contribution in [1.29, 1.82) is 0 Å². The van der Waals surface area contributed by atoms with Crippen LogP contribution >= 0.6 is 27.5 Å². The smallest absolute Gasteiger partial charge is 0.277 e. The second kappa shape index (κ2) is 8.04. The lowest BCUT2D eigenvalue weighted by molar-refractivity contribution is -0.137. The van der Waals surface area contributed by atoms with Crippen molar-refractivity contribution in [2.75, 3.05) is 18.5 Å². The Morgan fingerprint density at radius 3 is 2.59 bits per heavy atom. The number of amides is 2. The fourth-order valence-electron chi connectivity index (χ4n) is 2.66. The van der Waals surface area contributed by atoms with Gasteiger partial charge in [0.15, 0.2) is 5.78 Å². The Balaban J connectivity index is 1.95. The van der Waals surface area contributed by atoms with Gasteiger partial charge in [-0.2, -0.15) is 0 Å². The monoisotopic (exact) mass is 448 g/mol. The fraction of sp³-hybridized carbons (Fsp3) is 0.105. The van der Waals surface area contributed by atoms with Crippen molar-refractivity contribution in [3.63, 3.8) is 0 Å². The summed E-state index contributed by atoms with van der Waals surface area (Å²) in [5.41, 5.74) is 1.01. The van der Waals surface area contributed by atoms with Gasteiger partial charge in [0, 0.05) is 27.4 Å². The number of aliphatic hydroxyl groups excluding tert-OH is 1. The van der Waals surface area contributed by atoms with Crippen LogP contribution in [-0.2, 0) is 9.59 Å². The van der Waals surface area contributed by atoms with Crippen LogP contribution in [0.2, 0.25) is 5.02 Å². The number of hydrogen-bond donors (Lipinski definition) is 2. The summed E-state index contributed by atoms with van der Waals surface area (Å²) in [4.78, 5) is 38.1. The molecule has 8 heteroatoms. The highest BCUT2D eigenvalue weighted by molar-refractivity contribution is 9.10.